The van der Waals surface area contributed by atoms with Crippen molar-refractivity contribution in [1.29, 1.82) is 0 Å². The largest absolute Gasteiger partial charge is 0.336 e. The average Bonchev–Trinajstić information content (AvgIpc) is 3.06. The Balaban J connectivity index is 1.61. The van der Waals surface area contributed by atoms with Gasteiger partial charge >= 0.3 is 0 Å². The van der Waals surface area contributed by atoms with Gasteiger partial charge < -0.3 is 15.1 Å². The van der Waals surface area contributed by atoms with Crippen molar-refractivity contribution < 1.29 is 18.8 Å². The number of aryl methyl sites for hydroxylation is 1. The quantitative estimate of drug-likeness (QED) is 0.844. The summed E-state index contributed by atoms with van der Waals surface area (Å²) in [5.74, 6) is -2.05. The number of nitrogens with one attached hydrogen (secondary N) is 1. The number of rotatable bonds is 5. The molecule has 1 N–H and O–H groups in total. The van der Waals surface area contributed by atoms with Crippen molar-refractivity contribution in [3.63, 3.8) is 0 Å². The minimum absolute atomic E-state index is 0.00385. The van der Waals surface area contributed by atoms with Crippen molar-refractivity contribution in [3.8, 4) is 0 Å². The molecule has 3 rings (SSSR count). The number of hydrogen-bond acceptors (Lipinski definition) is 3. The predicted octanol–water partition coefficient (Wildman–Crippen LogP) is 2.89. The van der Waals surface area contributed by atoms with E-state index in [-0.39, 0.29) is 42.9 Å². The van der Waals surface area contributed by atoms with Gasteiger partial charge in [-0.3, -0.25) is 14.4 Å². The summed E-state index contributed by atoms with van der Waals surface area (Å²) in [6.45, 7) is 3.85. The molecule has 7 heteroatoms. The SMILES string of the molecule is Cc1cccc(NC(=O)CN(C)C(=O)C2CC(=O)N(c3ccccc3F)C2)c1C. The van der Waals surface area contributed by atoms with Crippen LogP contribution in [0.1, 0.15) is 17.5 Å². The van der Waals surface area contributed by atoms with Crippen LogP contribution in [0, 0.1) is 25.6 Å². The van der Waals surface area contributed by atoms with E-state index in [9.17, 15) is 18.8 Å². The average molecular weight is 397 g/mol. The second kappa shape index (κ2) is 8.43. The van der Waals surface area contributed by atoms with Crippen molar-refractivity contribution in [2.45, 2.75) is 20.3 Å². The molecular weight excluding hydrogens is 373 g/mol. The molecule has 1 atom stereocenters. The third-order valence-electron chi connectivity index (χ3n) is 5.25. The third-order valence-corrected chi connectivity index (χ3v) is 5.25. The molecule has 0 radical (unpaired) electrons. The Morgan fingerprint density at radius 2 is 1.90 bits per heavy atom. The first-order valence-electron chi connectivity index (χ1n) is 9.44. The molecule has 1 saturated heterocycles. The van der Waals surface area contributed by atoms with Crippen LogP contribution in [0.15, 0.2) is 42.5 Å². The van der Waals surface area contributed by atoms with Gasteiger partial charge in [-0.05, 0) is 43.2 Å². The van der Waals surface area contributed by atoms with Crippen molar-refractivity contribution in [2.75, 3.05) is 30.4 Å². The molecule has 29 heavy (non-hydrogen) atoms. The first-order valence-corrected chi connectivity index (χ1v) is 9.44. The van der Waals surface area contributed by atoms with Crippen molar-refractivity contribution in [2.24, 2.45) is 5.92 Å². The molecule has 0 spiro atoms. The lowest BCUT2D eigenvalue weighted by atomic mass is 10.1. The molecule has 6 nitrogen and oxygen atoms in total. The standard InChI is InChI=1S/C22H24FN3O3/c1-14-7-6-9-18(15(14)2)24-20(27)13-25(3)22(29)16-11-21(28)26(12-16)19-10-5-4-8-17(19)23/h4-10,16H,11-13H2,1-3H3,(H,24,27). The van der Waals surface area contributed by atoms with Crippen LogP contribution in [0.5, 0.6) is 0 Å². The Morgan fingerprint density at radius 3 is 2.62 bits per heavy atom. The van der Waals surface area contributed by atoms with Gasteiger partial charge in [0.05, 0.1) is 18.2 Å². The number of likely N-dealkylation sites (N-methyl/N-ethyl adjacent to an activating group) is 1. The summed E-state index contributed by atoms with van der Waals surface area (Å²) in [4.78, 5) is 40.0. The Morgan fingerprint density at radius 1 is 1.17 bits per heavy atom. The van der Waals surface area contributed by atoms with Crippen LogP contribution in [0.25, 0.3) is 0 Å². The van der Waals surface area contributed by atoms with Gasteiger partial charge in [-0.1, -0.05) is 24.3 Å². The lowest BCUT2D eigenvalue weighted by Gasteiger charge is -2.21. The van der Waals surface area contributed by atoms with Crippen LogP contribution in [-0.4, -0.2) is 42.8 Å². The predicted molar refractivity (Wildman–Crippen MR) is 109 cm³/mol. The molecule has 1 heterocycles. The number of amides is 3. The summed E-state index contributed by atoms with van der Waals surface area (Å²) in [7, 11) is 1.53. The molecule has 0 aromatic heterocycles. The van der Waals surface area contributed by atoms with Crippen LogP contribution in [0.3, 0.4) is 0 Å². The highest BCUT2D eigenvalue weighted by Gasteiger charge is 2.37. The van der Waals surface area contributed by atoms with Crippen LogP contribution in [0.4, 0.5) is 15.8 Å². The molecule has 1 unspecified atom stereocenters. The van der Waals surface area contributed by atoms with Crippen molar-refractivity contribution in [3.05, 3.63) is 59.4 Å². The fourth-order valence-electron chi connectivity index (χ4n) is 3.46. The minimum Gasteiger partial charge on any atom is -0.336 e. The highest BCUT2D eigenvalue weighted by atomic mass is 19.1. The van der Waals surface area contributed by atoms with E-state index in [4.69, 9.17) is 0 Å². The molecule has 0 bridgehead atoms. The summed E-state index contributed by atoms with van der Waals surface area (Å²) < 4.78 is 14.0. The van der Waals surface area contributed by atoms with Gasteiger partial charge in [0, 0.05) is 25.7 Å². The highest BCUT2D eigenvalue weighted by Crippen LogP contribution is 2.28. The molecule has 0 aliphatic carbocycles. The lowest BCUT2D eigenvalue weighted by Crippen LogP contribution is -2.39. The van der Waals surface area contributed by atoms with E-state index in [2.05, 4.69) is 5.32 Å². The Hall–Kier alpha value is -3.22. The second-order valence-corrected chi connectivity index (χ2v) is 7.35. The molecule has 0 saturated carbocycles. The van der Waals surface area contributed by atoms with Gasteiger partial charge in [-0.2, -0.15) is 0 Å². The van der Waals surface area contributed by atoms with Crippen molar-refractivity contribution >= 4 is 29.1 Å². The number of para-hydroxylation sites is 1. The Kier molecular flexibility index (Phi) is 5.96. The van der Waals surface area contributed by atoms with E-state index >= 15 is 0 Å². The monoisotopic (exact) mass is 397 g/mol. The Labute approximate surface area is 169 Å². The van der Waals surface area contributed by atoms with Gasteiger partial charge in [-0.25, -0.2) is 4.39 Å². The normalized spacial score (nSPS) is 16.1. The van der Waals surface area contributed by atoms with Crippen molar-refractivity contribution in [1.82, 2.24) is 4.90 Å². The number of hydrogen-bond donors (Lipinski definition) is 1. The molecule has 3 amide bonds. The number of benzene rings is 2. The van der Waals surface area contributed by atoms with Gasteiger partial charge in [0.2, 0.25) is 17.7 Å². The summed E-state index contributed by atoms with van der Waals surface area (Å²) >= 11 is 0. The zero-order chi connectivity index (χ0) is 21.1. The number of anilines is 2. The highest BCUT2D eigenvalue weighted by molar-refractivity contribution is 6.01. The fourth-order valence-corrected chi connectivity index (χ4v) is 3.46. The summed E-state index contributed by atoms with van der Waals surface area (Å²) in [5, 5.41) is 2.82. The van der Waals surface area contributed by atoms with E-state index in [0.717, 1.165) is 11.1 Å². The number of nitrogens with zero attached hydrogens (tertiary/aromatic N) is 2. The van der Waals surface area contributed by atoms with Gasteiger partial charge in [0.25, 0.3) is 0 Å². The number of carbonyl (C=O) groups is 3. The maximum Gasteiger partial charge on any atom is 0.243 e. The topological polar surface area (TPSA) is 69.7 Å². The second-order valence-electron chi connectivity index (χ2n) is 7.35. The summed E-state index contributed by atoms with van der Waals surface area (Å²) in [6.07, 6.45) is -0.00385. The number of carbonyl (C=O) groups excluding carboxylic acids is 3. The van der Waals surface area contributed by atoms with Crippen LogP contribution in [0.2, 0.25) is 0 Å². The van der Waals surface area contributed by atoms with Gasteiger partial charge in [-0.15, -0.1) is 0 Å². The smallest absolute Gasteiger partial charge is 0.243 e. The van der Waals surface area contributed by atoms with Crippen LogP contribution >= 0.6 is 0 Å². The molecule has 152 valence electrons. The Bertz CT molecular complexity index is 960. The molecular formula is C22H24FN3O3. The van der Waals surface area contributed by atoms with E-state index in [1.807, 2.05) is 32.0 Å². The molecule has 2 aromatic carbocycles. The fraction of sp³-hybridized carbons (Fsp3) is 0.318. The number of halogens is 1. The zero-order valence-electron chi connectivity index (χ0n) is 16.7. The van der Waals surface area contributed by atoms with Gasteiger partial charge in [0.15, 0.2) is 0 Å². The maximum atomic E-state index is 14.0. The summed E-state index contributed by atoms with van der Waals surface area (Å²) in [6, 6.07) is 11.6. The van der Waals surface area contributed by atoms with Crippen LogP contribution in [-0.2, 0) is 14.4 Å². The van der Waals surface area contributed by atoms with E-state index in [1.165, 1.54) is 29.0 Å². The summed E-state index contributed by atoms with van der Waals surface area (Å²) in [5.41, 5.74) is 2.91. The molecule has 1 aliphatic rings. The van der Waals surface area contributed by atoms with E-state index in [0.29, 0.717) is 5.69 Å². The van der Waals surface area contributed by atoms with E-state index in [1.54, 1.807) is 12.1 Å². The minimum atomic E-state index is -0.611. The molecule has 1 aliphatic heterocycles. The van der Waals surface area contributed by atoms with E-state index < -0.39 is 11.7 Å². The first kappa shape index (κ1) is 20.5. The molecule has 1 fully saturated rings. The zero-order valence-corrected chi connectivity index (χ0v) is 16.7. The first-order chi connectivity index (χ1) is 13.8. The van der Waals surface area contributed by atoms with Gasteiger partial charge in [0.1, 0.15) is 5.82 Å². The van der Waals surface area contributed by atoms with Crippen LogP contribution < -0.4 is 10.2 Å². The third kappa shape index (κ3) is 4.45. The molecule has 2 aromatic rings. The lowest BCUT2D eigenvalue weighted by molar-refractivity contribution is -0.137. The maximum absolute atomic E-state index is 14.0.